The number of benzene rings is 1. The largest absolute Gasteiger partial charge is 0.363 e. The molecule has 156 valence electrons. The zero-order chi connectivity index (χ0) is 21.3. The Labute approximate surface area is 172 Å². The average molecular weight is 417 g/mol. The van der Waals surface area contributed by atoms with Crippen LogP contribution in [0.2, 0.25) is 0 Å². The first-order valence-electron chi connectivity index (χ1n) is 9.65. The molecule has 2 heterocycles. The molecule has 1 N–H and O–H groups in total. The molecule has 29 heavy (non-hydrogen) atoms. The van der Waals surface area contributed by atoms with E-state index in [0.717, 1.165) is 11.4 Å². The summed E-state index contributed by atoms with van der Waals surface area (Å²) in [6, 6.07) is 6.57. The van der Waals surface area contributed by atoms with Gasteiger partial charge in [0.1, 0.15) is 11.9 Å². The number of nitrogens with one attached hydrogen (secondary N) is 1. The van der Waals surface area contributed by atoms with Gasteiger partial charge in [0, 0.05) is 20.6 Å². The van der Waals surface area contributed by atoms with Gasteiger partial charge in [-0.25, -0.2) is 13.4 Å². The molecule has 3 rings (SSSR count). The van der Waals surface area contributed by atoms with E-state index in [1.807, 2.05) is 38.1 Å². The molecule has 0 unspecified atom stereocenters. The Bertz CT molecular complexity index is 994. The van der Waals surface area contributed by atoms with Gasteiger partial charge in [0.2, 0.25) is 15.9 Å². The summed E-state index contributed by atoms with van der Waals surface area (Å²) in [6.07, 6.45) is 2.73. The van der Waals surface area contributed by atoms with Crippen LogP contribution in [0.1, 0.15) is 29.5 Å². The molecule has 2 aromatic rings. The SMILES string of the molecule is Cc1cc(C)c(S(=O)(=O)N2CCC[C@H]2C(=O)Nc2ccc(N(C)C)nc2)c(C)c1. The highest BCUT2D eigenvalue weighted by Crippen LogP contribution is 2.31. The third-order valence-corrected chi connectivity index (χ3v) is 7.37. The van der Waals surface area contributed by atoms with Gasteiger partial charge in [-0.1, -0.05) is 17.7 Å². The fraction of sp³-hybridized carbons (Fsp3) is 0.429. The molecular weight excluding hydrogens is 388 g/mol. The first-order valence-corrected chi connectivity index (χ1v) is 11.1. The summed E-state index contributed by atoms with van der Waals surface area (Å²) < 4.78 is 28.1. The smallest absolute Gasteiger partial charge is 0.244 e. The second-order valence-electron chi connectivity index (χ2n) is 7.79. The minimum Gasteiger partial charge on any atom is -0.363 e. The van der Waals surface area contributed by atoms with Crippen LogP contribution in [0, 0.1) is 20.8 Å². The predicted octanol–water partition coefficient (Wildman–Crippen LogP) is 2.86. The van der Waals surface area contributed by atoms with Crippen molar-refractivity contribution in [3.63, 3.8) is 0 Å². The van der Waals surface area contributed by atoms with Crippen molar-refractivity contribution >= 4 is 27.4 Å². The summed E-state index contributed by atoms with van der Waals surface area (Å²) in [7, 11) is 0.000609. The standard InChI is InChI=1S/C21H28N4O3S/c1-14-11-15(2)20(16(3)12-14)29(27,28)25-10-6-7-18(25)21(26)23-17-8-9-19(22-13-17)24(4)5/h8-9,11-13,18H,6-7,10H2,1-5H3,(H,23,26)/t18-/m0/s1. The molecule has 0 aliphatic carbocycles. The van der Waals surface area contributed by atoms with Crippen LogP contribution in [0.4, 0.5) is 11.5 Å². The summed E-state index contributed by atoms with van der Waals surface area (Å²) in [5.74, 6) is 0.450. The molecule has 1 aromatic carbocycles. The molecule has 7 nitrogen and oxygen atoms in total. The summed E-state index contributed by atoms with van der Waals surface area (Å²) in [5.41, 5.74) is 2.98. The Kier molecular flexibility index (Phi) is 5.95. The van der Waals surface area contributed by atoms with Crippen LogP contribution in [-0.2, 0) is 14.8 Å². The fourth-order valence-corrected chi connectivity index (χ4v) is 6.00. The van der Waals surface area contributed by atoms with Crippen LogP contribution in [0.25, 0.3) is 0 Å². The molecule has 1 fully saturated rings. The van der Waals surface area contributed by atoms with Gasteiger partial charge in [-0.05, 0) is 56.9 Å². The molecule has 1 aromatic heterocycles. The van der Waals surface area contributed by atoms with Crippen molar-refractivity contribution in [2.75, 3.05) is 30.9 Å². The minimum atomic E-state index is -3.77. The lowest BCUT2D eigenvalue weighted by Crippen LogP contribution is -2.43. The fourth-order valence-electron chi connectivity index (χ4n) is 3.93. The first kappa shape index (κ1) is 21.3. The molecule has 1 aliphatic rings. The molecule has 0 radical (unpaired) electrons. The number of hydrogen-bond acceptors (Lipinski definition) is 5. The number of rotatable bonds is 5. The molecule has 1 saturated heterocycles. The molecule has 1 aliphatic heterocycles. The van der Waals surface area contributed by atoms with Crippen molar-refractivity contribution in [1.82, 2.24) is 9.29 Å². The van der Waals surface area contributed by atoms with Gasteiger partial charge >= 0.3 is 0 Å². The maximum absolute atomic E-state index is 13.4. The Morgan fingerprint density at radius 1 is 1.17 bits per heavy atom. The van der Waals surface area contributed by atoms with Gasteiger partial charge in [-0.15, -0.1) is 0 Å². The number of pyridine rings is 1. The van der Waals surface area contributed by atoms with E-state index in [-0.39, 0.29) is 5.91 Å². The van der Waals surface area contributed by atoms with Gasteiger partial charge in [-0.3, -0.25) is 4.79 Å². The number of anilines is 2. The third kappa shape index (κ3) is 4.28. The second kappa shape index (κ2) is 8.12. The first-order chi connectivity index (χ1) is 13.6. The molecule has 1 amide bonds. The highest BCUT2D eigenvalue weighted by Gasteiger charge is 2.40. The molecule has 0 bridgehead atoms. The van der Waals surface area contributed by atoms with E-state index in [9.17, 15) is 13.2 Å². The highest BCUT2D eigenvalue weighted by atomic mass is 32.2. The van der Waals surface area contributed by atoms with Crippen LogP contribution in [0.5, 0.6) is 0 Å². The number of carbonyl (C=O) groups excluding carboxylic acids is 1. The Balaban J connectivity index is 1.84. The van der Waals surface area contributed by atoms with Crippen LogP contribution >= 0.6 is 0 Å². The van der Waals surface area contributed by atoms with E-state index in [1.54, 1.807) is 32.2 Å². The highest BCUT2D eigenvalue weighted by molar-refractivity contribution is 7.89. The average Bonchev–Trinajstić information content (AvgIpc) is 3.12. The molecule has 0 saturated carbocycles. The van der Waals surface area contributed by atoms with Crippen molar-refractivity contribution in [1.29, 1.82) is 0 Å². The second-order valence-corrected chi connectivity index (χ2v) is 9.62. The van der Waals surface area contributed by atoms with Gasteiger partial charge < -0.3 is 10.2 Å². The lowest BCUT2D eigenvalue weighted by atomic mass is 10.1. The van der Waals surface area contributed by atoms with Crippen molar-refractivity contribution < 1.29 is 13.2 Å². The van der Waals surface area contributed by atoms with Gasteiger partial charge in [0.25, 0.3) is 0 Å². The maximum Gasteiger partial charge on any atom is 0.244 e. The lowest BCUT2D eigenvalue weighted by Gasteiger charge is -2.25. The Morgan fingerprint density at radius 3 is 2.38 bits per heavy atom. The monoisotopic (exact) mass is 416 g/mol. The maximum atomic E-state index is 13.4. The normalized spacial score (nSPS) is 17.3. The minimum absolute atomic E-state index is 0.305. The van der Waals surface area contributed by atoms with E-state index in [2.05, 4.69) is 10.3 Å². The van der Waals surface area contributed by atoms with Crippen molar-refractivity contribution in [2.45, 2.75) is 44.6 Å². The third-order valence-electron chi connectivity index (χ3n) is 5.15. The van der Waals surface area contributed by atoms with E-state index in [4.69, 9.17) is 0 Å². The van der Waals surface area contributed by atoms with Gasteiger partial charge in [0.05, 0.1) is 16.8 Å². The van der Waals surface area contributed by atoms with Crippen LogP contribution < -0.4 is 10.2 Å². The topological polar surface area (TPSA) is 82.6 Å². The summed E-state index contributed by atoms with van der Waals surface area (Å²) >= 11 is 0. The molecule has 8 heteroatoms. The summed E-state index contributed by atoms with van der Waals surface area (Å²) in [5, 5.41) is 2.82. The van der Waals surface area contributed by atoms with Crippen molar-refractivity contribution in [3.05, 3.63) is 47.2 Å². The lowest BCUT2D eigenvalue weighted by molar-refractivity contribution is -0.119. The van der Waals surface area contributed by atoms with E-state index in [0.29, 0.717) is 41.1 Å². The Hall–Kier alpha value is -2.45. The van der Waals surface area contributed by atoms with E-state index < -0.39 is 16.1 Å². The predicted molar refractivity (Wildman–Crippen MR) is 115 cm³/mol. The van der Waals surface area contributed by atoms with Crippen molar-refractivity contribution in [3.8, 4) is 0 Å². The van der Waals surface area contributed by atoms with Crippen LogP contribution in [-0.4, -0.2) is 50.3 Å². The zero-order valence-electron chi connectivity index (χ0n) is 17.6. The van der Waals surface area contributed by atoms with Crippen molar-refractivity contribution in [2.24, 2.45) is 0 Å². The van der Waals surface area contributed by atoms with E-state index >= 15 is 0 Å². The zero-order valence-corrected chi connectivity index (χ0v) is 18.4. The number of nitrogens with zero attached hydrogens (tertiary/aromatic N) is 3. The Morgan fingerprint density at radius 2 is 1.83 bits per heavy atom. The number of amides is 1. The molecule has 1 atom stereocenters. The van der Waals surface area contributed by atoms with Gasteiger partial charge in [0.15, 0.2) is 0 Å². The van der Waals surface area contributed by atoms with Crippen LogP contribution in [0.15, 0.2) is 35.4 Å². The molecular formula is C21H28N4O3S. The molecule has 0 spiro atoms. The van der Waals surface area contributed by atoms with Gasteiger partial charge in [-0.2, -0.15) is 4.31 Å². The number of hydrogen-bond donors (Lipinski definition) is 1. The number of sulfonamides is 1. The number of carbonyl (C=O) groups is 1. The summed E-state index contributed by atoms with van der Waals surface area (Å²) in [4.78, 5) is 19.3. The van der Waals surface area contributed by atoms with E-state index in [1.165, 1.54) is 4.31 Å². The quantitative estimate of drug-likeness (QED) is 0.810. The number of aryl methyl sites for hydroxylation is 3. The number of aromatic nitrogens is 1. The van der Waals surface area contributed by atoms with Crippen LogP contribution in [0.3, 0.4) is 0 Å². The summed E-state index contributed by atoms with van der Waals surface area (Å²) in [6.45, 7) is 5.88.